The topological polar surface area (TPSA) is 34.2 Å². The number of aromatic nitrogens is 2. The molecular formula is C13H16BrN3OS2. The Morgan fingerprint density at radius 2 is 2.10 bits per heavy atom. The number of hydrogen-bond donors (Lipinski definition) is 0. The summed E-state index contributed by atoms with van der Waals surface area (Å²) in [5.74, 6) is 1.42. The molecule has 0 atom stereocenters. The number of rotatable bonds is 6. The molecule has 0 radical (unpaired) electrons. The highest BCUT2D eigenvalue weighted by atomic mass is 79.9. The summed E-state index contributed by atoms with van der Waals surface area (Å²) in [6.07, 6.45) is 2.01. The van der Waals surface area contributed by atoms with Crippen molar-refractivity contribution in [3.8, 4) is 0 Å². The molecule has 1 aromatic heterocycles. The molecule has 108 valence electrons. The predicted molar refractivity (Wildman–Crippen MR) is 88.2 cm³/mol. The van der Waals surface area contributed by atoms with Gasteiger partial charge in [-0.25, -0.2) is 4.68 Å². The van der Waals surface area contributed by atoms with Crippen LogP contribution in [0.15, 0.2) is 33.2 Å². The Kier molecular flexibility index (Phi) is 5.83. The number of hydrogen-bond acceptors (Lipinski definition) is 5. The summed E-state index contributed by atoms with van der Waals surface area (Å²) >= 11 is 10.3. The molecule has 4 nitrogen and oxygen atoms in total. The third kappa shape index (κ3) is 4.44. The van der Waals surface area contributed by atoms with Crippen LogP contribution in [0.2, 0.25) is 0 Å². The summed E-state index contributed by atoms with van der Waals surface area (Å²) in [6, 6.07) is 8.28. The molecule has 7 heteroatoms. The average Bonchev–Trinajstić information content (AvgIpc) is 2.73. The smallest absolute Gasteiger partial charge is 0.288 e. The summed E-state index contributed by atoms with van der Waals surface area (Å²) in [5.41, 5.74) is 1.25. The van der Waals surface area contributed by atoms with Crippen molar-refractivity contribution in [1.29, 1.82) is 0 Å². The van der Waals surface area contributed by atoms with Crippen molar-refractivity contribution in [2.24, 2.45) is 0 Å². The fourth-order valence-electron chi connectivity index (χ4n) is 1.80. The van der Waals surface area contributed by atoms with Crippen molar-refractivity contribution in [1.82, 2.24) is 14.7 Å². The average molecular weight is 374 g/mol. The molecular weight excluding hydrogens is 358 g/mol. The molecule has 0 aliphatic rings. The lowest BCUT2D eigenvalue weighted by Crippen LogP contribution is -2.22. The molecule has 0 unspecified atom stereocenters. The first-order valence-electron chi connectivity index (χ1n) is 6.07. The largest absolute Gasteiger partial charge is 0.413 e. The van der Waals surface area contributed by atoms with E-state index in [9.17, 15) is 0 Å². The first kappa shape index (κ1) is 15.8. The van der Waals surface area contributed by atoms with Gasteiger partial charge in [0, 0.05) is 11.0 Å². The monoisotopic (exact) mass is 373 g/mol. The third-order valence-corrected chi connectivity index (χ3v) is 4.02. The van der Waals surface area contributed by atoms with Gasteiger partial charge in [0.05, 0.1) is 12.4 Å². The van der Waals surface area contributed by atoms with Crippen LogP contribution >= 0.6 is 39.9 Å². The zero-order chi connectivity index (χ0) is 14.5. The fourth-order valence-corrected chi connectivity index (χ4v) is 2.62. The maximum Gasteiger partial charge on any atom is 0.288 e. The van der Waals surface area contributed by atoms with Gasteiger partial charge < -0.3 is 4.42 Å². The highest BCUT2D eigenvalue weighted by molar-refractivity contribution is 9.10. The second kappa shape index (κ2) is 7.40. The Hall–Kier alpha value is -0.630. The van der Waals surface area contributed by atoms with Crippen LogP contribution in [-0.2, 0) is 19.0 Å². The van der Waals surface area contributed by atoms with Crippen molar-refractivity contribution < 1.29 is 4.42 Å². The Bertz CT molecular complexity index is 609. The van der Waals surface area contributed by atoms with E-state index in [0.29, 0.717) is 17.4 Å². The van der Waals surface area contributed by atoms with Gasteiger partial charge in [0.25, 0.3) is 4.84 Å². The van der Waals surface area contributed by atoms with E-state index in [1.54, 1.807) is 16.4 Å². The standard InChI is InChI=1S/C13H16BrN3OS2/c1-16(7-10-3-5-11(14)6-4-10)9-17-13(19)18-12(15-17)8-20-2/h3-6H,7-9H2,1-2H3. The molecule has 0 aliphatic carbocycles. The van der Waals surface area contributed by atoms with Crippen LogP contribution in [0.1, 0.15) is 11.5 Å². The molecule has 2 aromatic rings. The highest BCUT2D eigenvalue weighted by Gasteiger charge is 2.07. The Labute approximate surface area is 136 Å². The van der Waals surface area contributed by atoms with Crippen LogP contribution in [-0.4, -0.2) is 28.0 Å². The summed E-state index contributed by atoms with van der Waals surface area (Å²) < 4.78 is 8.24. The van der Waals surface area contributed by atoms with Gasteiger partial charge in [-0.15, -0.1) is 5.10 Å². The van der Waals surface area contributed by atoms with Gasteiger partial charge in [0.15, 0.2) is 0 Å². The summed E-state index contributed by atoms with van der Waals surface area (Å²) in [7, 11) is 2.03. The summed E-state index contributed by atoms with van der Waals surface area (Å²) in [6.45, 7) is 1.45. The lowest BCUT2D eigenvalue weighted by molar-refractivity contribution is 0.240. The van der Waals surface area contributed by atoms with E-state index in [1.807, 2.05) is 25.4 Å². The van der Waals surface area contributed by atoms with Crippen LogP contribution in [0.25, 0.3) is 0 Å². The number of nitrogens with zero attached hydrogens (tertiary/aromatic N) is 3. The molecule has 0 amide bonds. The normalized spacial score (nSPS) is 11.2. The van der Waals surface area contributed by atoms with Gasteiger partial charge in [-0.2, -0.15) is 11.8 Å². The molecule has 1 aromatic carbocycles. The second-order valence-electron chi connectivity index (χ2n) is 4.48. The van der Waals surface area contributed by atoms with Crippen molar-refractivity contribution in [2.45, 2.75) is 19.0 Å². The van der Waals surface area contributed by atoms with Gasteiger partial charge in [0.2, 0.25) is 5.89 Å². The van der Waals surface area contributed by atoms with Gasteiger partial charge in [-0.05, 0) is 43.2 Å². The number of thioether (sulfide) groups is 1. The Morgan fingerprint density at radius 1 is 1.40 bits per heavy atom. The highest BCUT2D eigenvalue weighted by Crippen LogP contribution is 2.12. The van der Waals surface area contributed by atoms with Crippen molar-refractivity contribution in [3.05, 3.63) is 45.0 Å². The second-order valence-corrected chi connectivity index (χ2v) is 6.61. The first-order chi connectivity index (χ1) is 9.58. The van der Waals surface area contributed by atoms with Crippen molar-refractivity contribution in [2.75, 3.05) is 13.3 Å². The molecule has 2 rings (SSSR count). The van der Waals surface area contributed by atoms with E-state index in [1.165, 1.54) is 5.56 Å². The van der Waals surface area contributed by atoms with Crippen LogP contribution < -0.4 is 0 Å². The SMILES string of the molecule is CSCc1nn(CN(C)Cc2ccc(Br)cc2)c(=S)o1. The van der Waals surface area contributed by atoms with Crippen LogP contribution in [0.5, 0.6) is 0 Å². The molecule has 0 N–H and O–H groups in total. The first-order valence-corrected chi connectivity index (χ1v) is 8.66. The predicted octanol–water partition coefficient (Wildman–Crippen LogP) is 3.92. The zero-order valence-electron chi connectivity index (χ0n) is 11.4. The fraction of sp³-hybridized carbons (Fsp3) is 0.385. The third-order valence-electron chi connectivity index (χ3n) is 2.66. The molecule has 1 heterocycles. The van der Waals surface area contributed by atoms with E-state index >= 15 is 0 Å². The Morgan fingerprint density at radius 3 is 2.75 bits per heavy atom. The number of halogens is 1. The molecule has 0 saturated carbocycles. The minimum absolute atomic E-state index is 0.428. The minimum atomic E-state index is 0.428. The lowest BCUT2D eigenvalue weighted by atomic mass is 10.2. The zero-order valence-corrected chi connectivity index (χ0v) is 14.6. The van der Waals surface area contributed by atoms with E-state index in [-0.39, 0.29) is 0 Å². The Balaban J connectivity index is 1.98. The van der Waals surface area contributed by atoms with Gasteiger partial charge in [-0.3, -0.25) is 4.90 Å². The molecule has 0 bridgehead atoms. The van der Waals surface area contributed by atoms with E-state index in [4.69, 9.17) is 16.6 Å². The summed E-state index contributed by atoms with van der Waals surface area (Å²) in [5, 5.41) is 4.37. The van der Waals surface area contributed by atoms with Gasteiger partial charge >= 0.3 is 0 Å². The lowest BCUT2D eigenvalue weighted by Gasteiger charge is -2.15. The number of benzene rings is 1. The maximum atomic E-state index is 5.43. The quantitative estimate of drug-likeness (QED) is 0.716. The minimum Gasteiger partial charge on any atom is -0.413 e. The molecule has 0 aliphatic heterocycles. The van der Waals surface area contributed by atoms with Gasteiger partial charge in [-0.1, -0.05) is 28.1 Å². The van der Waals surface area contributed by atoms with Crippen LogP contribution in [0.3, 0.4) is 0 Å². The van der Waals surface area contributed by atoms with Crippen molar-refractivity contribution in [3.63, 3.8) is 0 Å². The maximum absolute atomic E-state index is 5.43. The van der Waals surface area contributed by atoms with E-state index in [2.05, 4.69) is 38.1 Å². The molecule has 0 fully saturated rings. The van der Waals surface area contributed by atoms with E-state index < -0.39 is 0 Å². The van der Waals surface area contributed by atoms with Crippen LogP contribution in [0, 0.1) is 4.84 Å². The van der Waals surface area contributed by atoms with E-state index in [0.717, 1.165) is 16.8 Å². The molecule has 0 saturated heterocycles. The van der Waals surface area contributed by atoms with Crippen molar-refractivity contribution >= 4 is 39.9 Å². The molecule has 0 spiro atoms. The summed E-state index contributed by atoms with van der Waals surface area (Å²) in [4.78, 5) is 2.57. The van der Waals surface area contributed by atoms with Gasteiger partial charge in [0.1, 0.15) is 0 Å². The van der Waals surface area contributed by atoms with Crippen LogP contribution in [0.4, 0.5) is 0 Å². The molecule has 20 heavy (non-hydrogen) atoms.